The second kappa shape index (κ2) is 10.8. The van der Waals surface area contributed by atoms with E-state index in [1.807, 2.05) is 30.3 Å². The van der Waals surface area contributed by atoms with Gasteiger partial charge < -0.3 is 19.6 Å². The van der Waals surface area contributed by atoms with Crippen LogP contribution in [0.4, 0.5) is 5.69 Å². The molecule has 6 atom stereocenters. The zero-order chi connectivity index (χ0) is 27.0. The van der Waals surface area contributed by atoms with Gasteiger partial charge in [-0.1, -0.05) is 48.0 Å². The molecule has 200 valence electrons. The van der Waals surface area contributed by atoms with Crippen molar-refractivity contribution >= 4 is 46.8 Å². The summed E-state index contributed by atoms with van der Waals surface area (Å²) < 4.78 is 4.61. The van der Waals surface area contributed by atoms with Crippen molar-refractivity contribution in [3.8, 4) is 0 Å². The Kier molecular flexibility index (Phi) is 7.58. The average Bonchev–Trinajstić information content (AvgIpc) is 3.57. The van der Waals surface area contributed by atoms with E-state index in [0.29, 0.717) is 23.6 Å². The molecule has 2 unspecified atom stereocenters. The topological polar surface area (TPSA) is 87.2 Å². The molecule has 0 saturated carbocycles. The van der Waals surface area contributed by atoms with Gasteiger partial charge in [-0.15, -0.1) is 18.3 Å². The van der Waals surface area contributed by atoms with Crippen molar-refractivity contribution in [2.45, 2.75) is 41.8 Å². The van der Waals surface area contributed by atoms with E-state index in [4.69, 9.17) is 16.3 Å². The maximum Gasteiger partial charge on any atom is 0.310 e. The molecule has 7 nitrogen and oxygen atoms in total. The number of hydrogen-bond acceptors (Lipinski definition) is 6. The number of nitrogens with zero attached hydrogens (tertiary/aromatic N) is 2. The summed E-state index contributed by atoms with van der Waals surface area (Å²) in [5, 5.41) is 11.0. The highest BCUT2D eigenvalue weighted by Crippen LogP contribution is 2.67. The lowest BCUT2D eigenvalue weighted by Crippen LogP contribution is -2.56. The van der Waals surface area contributed by atoms with Crippen LogP contribution in [0.2, 0.25) is 5.02 Å². The van der Waals surface area contributed by atoms with Crippen molar-refractivity contribution in [2.24, 2.45) is 11.8 Å². The molecule has 3 aliphatic heterocycles. The maximum atomic E-state index is 14.6. The van der Waals surface area contributed by atoms with Crippen LogP contribution in [0.1, 0.15) is 31.4 Å². The minimum Gasteiger partial charge on any atom is -0.466 e. The summed E-state index contributed by atoms with van der Waals surface area (Å²) in [5.74, 6) is -2.27. The lowest BCUT2D eigenvalue weighted by Gasteiger charge is -2.39. The van der Waals surface area contributed by atoms with Crippen molar-refractivity contribution in [2.75, 3.05) is 24.7 Å². The first-order chi connectivity index (χ1) is 18.4. The third-order valence-corrected chi connectivity index (χ3v) is 10.1. The summed E-state index contributed by atoms with van der Waals surface area (Å²) in [6.07, 6.45) is 2.98. The van der Waals surface area contributed by atoms with Crippen molar-refractivity contribution in [3.63, 3.8) is 0 Å². The molecule has 3 heterocycles. The number of thioether (sulfide) groups is 1. The number of ether oxygens (including phenoxy) is 1. The largest absolute Gasteiger partial charge is 0.466 e. The molecule has 2 bridgehead atoms. The van der Waals surface area contributed by atoms with Crippen LogP contribution in [0.3, 0.4) is 0 Å². The molecule has 5 rings (SSSR count). The Bertz CT molecular complexity index is 1230. The van der Waals surface area contributed by atoms with Crippen molar-refractivity contribution in [1.29, 1.82) is 0 Å². The lowest BCUT2D eigenvalue weighted by atomic mass is 9.71. The fourth-order valence-electron chi connectivity index (χ4n) is 6.46. The van der Waals surface area contributed by atoms with E-state index in [1.54, 1.807) is 58.8 Å². The molecule has 0 radical (unpaired) electrons. The summed E-state index contributed by atoms with van der Waals surface area (Å²) in [6, 6.07) is 14.6. The third-order valence-electron chi connectivity index (χ3n) is 7.94. The van der Waals surface area contributed by atoms with E-state index in [0.717, 1.165) is 5.56 Å². The first-order valence-electron chi connectivity index (χ1n) is 12.9. The SMILES string of the molecule is C=CCN(C(=O)C1N([C@H](CO)c2ccccc2)C(=O)[C@@H]2[C@@H](C(=O)OCC)[C@H]3CCC12S3)c1ccc(Cl)cc1. The molecule has 0 aliphatic carbocycles. The van der Waals surface area contributed by atoms with Crippen LogP contribution in [0, 0.1) is 11.8 Å². The number of hydrogen-bond donors (Lipinski definition) is 1. The number of benzene rings is 2. The number of halogens is 1. The molecule has 3 saturated heterocycles. The number of likely N-dealkylation sites (tertiary alicyclic amines) is 1. The minimum atomic E-state index is -0.887. The molecule has 2 aromatic rings. The zero-order valence-electron chi connectivity index (χ0n) is 21.2. The number of fused-ring (bicyclic) bond motifs is 1. The highest BCUT2D eigenvalue weighted by molar-refractivity contribution is 8.02. The summed E-state index contributed by atoms with van der Waals surface area (Å²) in [4.78, 5) is 45.2. The van der Waals surface area contributed by atoms with Crippen LogP contribution in [0.5, 0.6) is 0 Å². The van der Waals surface area contributed by atoms with Crippen molar-refractivity contribution < 1.29 is 24.2 Å². The van der Waals surface area contributed by atoms with Gasteiger partial charge in [-0.2, -0.15) is 0 Å². The van der Waals surface area contributed by atoms with E-state index in [2.05, 4.69) is 6.58 Å². The normalized spacial score (nSPS) is 28.2. The number of rotatable bonds is 9. The quantitative estimate of drug-likeness (QED) is 0.368. The van der Waals surface area contributed by atoms with Gasteiger partial charge in [-0.05, 0) is 49.6 Å². The fourth-order valence-corrected chi connectivity index (χ4v) is 8.78. The van der Waals surface area contributed by atoms with Crippen LogP contribution in [0.15, 0.2) is 67.3 Å². The van der Waals surface area contributed by atoms with Gasteiger partial charge in [0.25, 0.3) is 5.91 Å². The first kappa shape index (κ1) is 26.8. The molecule has 0 aromatic heterocycles. The van der Waals surface area contributed by atoms with Gasteiger partial charge in [0.1, 0.15) is 6.04 Å². The van der Waals surface area contributed by atoms with E-state index < -0.39 is 28.7 Å². The lowest BCUT2D eigenvalue weighted by molar-refractivity contribution is -0.154. The second-order valence-corrected chi connectivity index (χ2v) is 11.9. The summed E-state index contributed by atoms with van der Waals surface area (Å²) in [6.45, 7) is 5.69. The minimum absolute atomic E-state index is 0.0897. The van der Waals surface area contributed by atoms with Crippen LogP contribution in [-0.2, 0) is 19.1 Å². The molecule has 3 fully saturated rings. The summed E-state index contributed by atoms with van der Waals surface area (Å²) in [7, 11) is 0. The standard InChI is InChI=1S/C29H31ClN2O5S/c1-3-16-31(20-12-10-19(30)11-13-20)27(35)25-29-15-14-22(38-29)23(28(36)37-4-2)24(29)26(34)32(25)21(17-33)18-8-6-5-7-9-18/h3,5-13,21-25,33H,1,4,14-17H2,2H3/t21-,22-,23+,24+,25?,29?/m1/s1. The Morgan fingerprint density at radius 3 is 2.61 bits per heavy atom. The van der Waals surface area contributed by atoms with Crippen LogP contribution >= 0.6 is 23.4 Å². The van der Waals surface area contributed by atoms with Crippen LogP contribution < -0.4 is 4.90 Å². The molecule has 1 spiro atoms. The molecule has 38 heavy (non-hydrogen) atoms. The smallest absolute Gasteiger partial charge is 0.310 e. The van der Waals surface area contributed by atoms with Gasteiger partial charge in [-0.3, -0.25) is 14.4 Å². The number of aliphatic hydroxyl groups is 1. The molecular weight excluding hydrogens is 524 g/mol. The summed E-state index contributed by atoms with van der Waals surface area (Å²) >= 11 is 7.69. The average molecular weight is 555 g/mol. The van der Waals surface area contributed by atoms with E-state index >= 15 is 0 Å². The van der Waals surface area contributed by atoms with E-state index in [1.165, 1.54) is 0 Å². The Hall–Kier alpha value is -2.81. The molecule has 2 amide bonds. The monoisotopic (exact) mass is 554 g/mol. The number of carbonyl (C=O) groups excluding carboxylic acids is 3. The fraction of sp³-hybridized carbons (Fsp3) is 0.414. The number of carbonyl (C=O) groups is 3. The Labute approximate surface area is 231 Å². The Morgan fingerprint density at radius 1 is 1.26 bits per heavy atom. The maximum absolute atomic E-state index is 14.6. The van der Waals surface area contributed by atoms with Gasteiger partial charge in [0.05, 0.1) is 35.8 Å². The molecule has 2 aromatic carbocycles. The predicted molar refractivity (Wildman–Crippen MR) is 148 cm³/mol. The molecule has 1 N–H and O–H groups in total. The van der Waals surface area contributed by atoms with Gasteiger partial charge >= 0.3 is 5.97 Å². The molecular formula is C29H31ClN2O5S. The predicted octanol–water partition coefficient (Wildman–Crippen LogP) is 4.25. The number of anilines is 1. The third kappa shape index (κ3) is 4.23. The second-order valence-electron chi connectivity index (χ2n) is 9.88. The van der Waals surface area contributed by atoms with Gasteiger partial charge in [0, 0.05) is 22.5 Å². The van der Waals surface area contributed by atoms with Gasteiger partial charge in [-0.25, -0.2) is 0 Å². The Morgan fingerprint density at radius 2 is 1.97 bits per heavy atom. The highest BCUT2D eigenvalue weighted by atomic mass is 35.5. The highest BCUT2D eigenvalue weighted by Gasteiger charge is 2.75. The molecule has 3 aliphatic rings. The Balaban J connectivity index is 1.64. The number of aliphatic hydroxyl groups excluding tert-OH is 1. The van der Waals surface area contributed by atoms with E-state index in [-0.39, 0.29) is 42.8 Å². The van der Waals surface area contributed by atoms with Crippen molar-refractivity contribution in [1.82, 2.24) is 4.90 Å². The van der Waals surface area contributed by atoms with Gasteiger partial charge in [0.15, 0.2) is 0 Å². The zero-order valence-corrected chi connectivity index (χ0v) is 22.7. The van der Waals surface area contributed by atoms with Crippen LogP contribution in [0.25, 0.3) is 0 Å². The number of amides is 2. The van der Waals surface area contributed by atoms with E-state index in [9.17, 15) is 19.5 Å². The van der Waals surface area contributed by atoms with Crippen molar-refractivity contribution in [3.05, 3.63) is 77.8 Å². The summed E-state index contributed by atoms with van der Waals surface area (Å²) in [5.41, 5.74) is 1.36. The first-order valence-corrected chi connectivity index (χ1v) is 14.1. The number of esters is 1. The van der Waals surface area contributed by atoms with Gasteiger partial charge in [0.2, 0.25) is 5.91 Å². The molecule has 9 heteroatoms. The van der Waals surface area contributed by atoms with Crippen LogP contribution in [-0.4, -0.2) is 63.6 Å².